The minimum Gasteiger partial charge on any atom is -0.495 e. The number of aromatic nitrogens is 1. The molecule has 0 aliphatic rings. The second kappa shape index (κ2) is 5.54. The molecule has 0 spiro atoms. The Hall–Kier alpha value is -2.01. The minimum atomic E-state index is -0.601. The average molecular weight is 296 g/mol. The lowest BCUT2D eigenvalue weighted by molar-refractivity contribution is -0.143. The lowest BCUT2D eigenvalue weighted by Gasteiger charge is -2.18. The van der Waals surface area contributed by atoms with Crippen LogP contribution in [0.15, 0.2) is 29.2 Å². The normalized spacial score (nSPS) is 12.2. The van der Waals surface area contributed by atoms with E-state index in [0.29, 0.717) is 21.7 Å². The number of rotatable bonds is 3. The lowest BCUT2D eigenvalue weighted by Crippen LogP contribution is -2.20. The van der Waals surface area contributed by atoms with E-state index in [9.17, 15) is 9.59 Å². The van der Waals surface area contributed by atoms with Crippen molar-refractivity contribution in [3.8, 4) is 5.75 Å². The van der Waals surface area contributed by atoms with E-state index in [2.05, 4.69) is 0 Å². The van der Waals surface area contributed by atoms with E-state index in [4.69, 9.17) is 21.1 Å². The molecule has 2 aromatic rings. The molecule has 0 aliphatic carbocycles. The van der Waals surface area contributed by atoms with Crippen LogP contribution in [0.1, 0.15) is 13.0 Å². The van der Waals surface area contributed by atoms with Gasteiger partial charge in [-0.25, -0.2) is 4.79 Å². The Labute approximate surface area is 120 Å². The van der Waals surface area contributed by atoms with Crippen molar-refractivity contribution in [3.63, 3.8) is 0 Å². The largest absolute Gasteiger partial charge is 0.495 e. The molecule has 0 N–H and O–H groups in total. The molecule has 0 unspecified atom stereocenters. The Balaban J connectivity index is 2.86. The van der Waals surface area contributed by atoms with Gasteiger partial charge in [-0.05, 0) is 19.1 Å². The number of esters is 1. The standard InChI is InChI=1S/C14H14ClNO4/c1-8(14(18)20-3)16-7-6-10(17)12-9(15)4-5-11(19-2)13(12)16/h4-8H,1-3H3/t8-/m0/s1. The first-order valence-corrected chi connectivity index (χ1v) is 6.34. The molecule has 0 saturated heterocycles. The molecule has 0 aliphatic heterocycles. The van der Waals surface area contributed by atoms with Crippen molar-refractivity contribution in [2.75, 3.05) is 14.2 Å². The first-order valence-electron chi connectivity index (χ1n) is 5.96. The fourth-order valence-corrected chi connectivity index (χ4v) is 2.36. The van der Waals surface area contributed by atoms with Crippen LogP contribution in [0.25, 0.3) is 10.9 Å². The van der Waals surface area contributed by atoms with Gasteiger partial charge < -0.3 is 14.0 Å². The maximum absolute atomic E-state index is 12.0. The van der Waals surface area contributed by atoms with Crippen LogP contribution in [0.2, 0.25) is 5.02 Å². The summed E-state index contributed by atoms with van der Waals surface area (Å²) in [5, 5.41) is 0.640. The van der Waals surface area contributed by atoms with Crippen LogP contribution in [-0.4, -0.2) is 24.8 Å². The summed E-state index contributed by atoms with van der Waals surface area (Å²) in [6.45, 7) is 1.68. The molecule has 2 rings (SSSR count). The van der Waals surface area contributed by atoms with Crippen LogP contribution in [-0.2, 0) is 9.53 Å². The average Bonchev–Trinajstić information content (AvgIpc) is 2.46. The first kappa shape index (κ1) is 14.4. The number of hydrogen-bond acceptors (Lipinski definition) is 4. The van der Waals surface area contributed by atoms with Crippen molar-refractivity contribution in [3.05, 3.63) is 39.6 Å². The summed E-state index contributed by atoms with van der Waals surface area (Å²) in [4.78, 5) is 23.7. The van der Waals surface area contributed by atoms with Crippen molar-refractivity contribution in [1.29, 1.82) is 0 Å². The molecule has 0 fully saturated rings. The van der Waals surface area contributed by atoms with E-state index in [1.807, 2.05) is 0 Å². The topological polar surface area (TPSA) is 57.5 Å². The molecule has 0 saturated carbocycles. The van der Waals surface area contributed by atoms with Gasteiger partial charge in [-0.1, -0.05) is 11.6 Å². The molecule has 0 radical (unpaired) electrons. The number of hydrogen-bond donors (Lipinski definition) is 0. The summed E-state index contributed by atoms with van der Waals surface area (Å²) >= 11 is 6.10. The highest BCUT2D eigenvalue weighted by Crippen LogP contribution is 2.30. The van der Waals surface area contributed by atoms with Crippen molar-refractivity contribution in [2.24, 2.45) is 0 Å². The van der Waals surface area contributed by atoms with Gasteiger partial charge in [-0.2, -0.15) is 0 Å². The van der Waals surface area contributed by atoms with Gasteiger partial charge in [0.05, 0.1) is 30.1 Å². The van der Waals surface area contributed by atoms with Crippen LogP contribution in [0.4, 0.5) is 0 Å². The van der Waals surface area contributed by atoms with Gasteiger partial charge in [0.1, 0.15) is 11.8 Å². The molecule has 1 atom stereocenters. The third-order valence-corrected chi connectivity index (χ3v) is 3.48. The summed E-state index contributed by atoms with van der Waals surface area (Å²) < 4.78 is 11.6. The van der Waals surface area contributed by atoms with Gasteiger partial charge in [0.25, 0.3) is 0 Å². The predicted molar refractivity (Wildman–Crippen MR) is 76.5 cm³/mol. The number of ether oxygens (including phenoxy) is 2. The SMILES string of the molecule is COC(=O)[C@H](C)n1ccc(=O)c2c(Cl)ccc(OC)c21. The lowest BCUT2D eigenvalue weighted by atomic mass is 10.1. The number of benzene rings is 1. The summed E-state index contributed by atoms with van der Waals surface area (Å²) in [5.74, 6) is 0.0508. The molecule has 20 heavy (non-hydrogen) atoms. The molecule has 106 valence electrons. The number of nitrogens with zero attached hydrogens (tertiary/aromatic N) is 1. The molecule has 0 amide bonds. The molecular formula is C14H14ClNO4. The van der Waals surface area contributed by atoms with Crippen LogP contribution in [0.5, 0.6) is 5.75 Å². The van der Waals surface area contributed by atoms with Gasteiger partial charge in [-0.3, -0.25) is 4.79 Å². The highest BCUT2D eigenvalue weighted by molar-refractivity contribution is 6.35. The van der Waals surface area contributed by atoms with E-state index in [-0.39, 0.29) is 5.43 Å². The quantitative estimate of drug-likeness (QED) is 0.816. The van der Waals surface area contributed by atoms with Crippen LogP contribution < -0.4 is 10.2 Å². The van der Waals surface area contributed by atoms with Crippen molar-refractivity contribution in [2.45, 2.75) is 13.0 Å². The highest BCUT2D eigenvalue weighted by atomic mass is 35.5. The Bertz CT molecular complexity index is 723. The Kier molecular flexibility index (Phi) is 3.99. The molecular weight excluding hydrogens is 282 g/mol. The predicted octanol–water partition coefficient (Wildman–Crippen LogP) is 2.40. The number of carbonyl (C=O) groups is 1. The van der Waals surface area contributed by atoms with E-state index in [1.165, 1.54) is 26.5 Å². The summed E-state index contributed by atoms with van der Waals surface area (Å²) in [6.07, 6.45) is 1.53. The summed E-state index contributed by atoms with van der Waals surface area (Å²) in [5.41, 5.74) is 0.252. The zero-order valence-corrected chi connectivity index (χ0v) is 12.1. The van der Waals surface area contributed by atoms with Crippen LogP contribution in [0, 0.1) is 0 Å². The second-order valence-corrected chi connectivity index (χ2v) is 4.67. The number of halogens is 1. The van der Waals surface area contributed by atoms with Gasteiger partial charge in [-0.15, -0.1) is 0 Å². The number of carbonyl (C=O) groups excluding carboxylic acids is 1. The third-order valence-electron chi connectivity index (χ3n) is 3.16. The van der Waals surface area contributed by atoms with Gasteiger partial charge in [0.15, 0.2) is 5.43 Å². The zero-order chi connectivity index (χ0) is 14.9. The van der Waals surface area contributed by atoms with Crippen molar-refractivity contribution in [1.82, 2.24) is 4.57 Å². The third kappa shape index (κ3) is 2.25. The van der Waals surface area contributed by atoms with Crippen molar-refractivity contribution >= 4 is 28.5 Å². The molecule has 6 heteroatoms. The smallest absolute Gasteiger partial charge is 0.328 e. The monoisotopic (exact) mass is 295 g/mol. The fourth-order valence-electron chi connectivity index (χ4n) is 2.12. The second-order valence-electron chi connectivity index (χ2n) is 4.26. The van der Waals surface area contributed by atoms with Gasteiger partial charge in [0.2, 0.25) is 0 Å². The zero-order valence-electron chi connectivity index (χ0n) is 11.3. The van der Waals surface area contributed by atoms with E-state index < -0.39 is 12.0 Å². The van der Waals surface area contributed by atoms with Crippen LogP contribution >= 0.6 is 11.6 Å². The summed E-state index contributed by atoms with van der Waals surface area (Å²) in [7, 11) is 2.81. The van der Waals surface area contributed by atoms with Crippen LogP contribution in [0.3, 0.4) is 0 Å². The number of fused-ring (bicyclic) bond motifs is 1. The Morgan fingerprint density at radius 2 is 2.00 bits per heavy atom. The van der Waals surface area contributed by atoms with Gasteiger partial charge in [0, 0.05) is 12.3 Å². The maximum atomic E-state index is 12.0. The summed E-state index contributed by atoms with van der Waals surface area (Å²) in [6, 6.07) is 4.02. The highest BCUT2D eigenvalue weighted by Gasteiger charge is 2.20. The van der Waals surface area contributed by atoms with E-state index >= 15 is 0 Å². The maximum Gasteiger partial charge on any atom is 0.328 e. The molecule has 1 heterocycles. The number of methoxy groups -OCH3 is 2. The molecule has 0 bridgehead atoms. The fraction of sp³-hybridized carbons (Fsp3) is 0.286. The molecule has 1 aromatic heterocycles. The van der Waals surface area contributed by atoms with Crippen molar-refractivity contribution < 1.29 is 14.3 Å². The minimum absolute atomic E-state index is 0.225. The Morgan fingerprint density at radius 1 is 1.30 bits per heavy atom. The van der Waals surface area contributed by atoms with E-state index in [1.54, 1.807) is 23.6 Å². The number of pyridine rings is 1. The van der Waals surface area contributed by atoms with Gasteiger partial charge >= 0.3 is 5.97 Å². The molecule has 1 aromatic carbocycles. The molecule has 5 nitrogen and oxygen atoms in total. The van der Waals surface area contributed by atoms with E-state index in [0.717, 1.165) is 0 Å². The first-order chi connectivity index (χ1) is 9.51. The Morgan fingerprint density at radius 3 is 2.60 bits per heavy atom.